The Bertz CT molecular complexity index is 1530. The van der Waals surface area contributed by atoms with Crippen molar-refractivity contribution in [2.24, 2.45) is 0 Å². The number of sulfonamides is 1. The van der Waals surface area contributed by atoms with Crippen molar-refractivity contribution in [1.82, 2.24) is 13.6 Å². The number of hydrogen-bond acceptors (Lipinski definition) is 7. The average Bonchev–Trinajstić information content (AvgIpc) is 3.51. The van der Waals surface area contributed by atoms with Crippen molar-refractivity contribution in [2.75, 3.05) is 26.0 Å². The normalized spacial score (nSPS) is 22.8. The maximum absolute atomic E-state index is 12.9. The van der Waals surface area contributed by atoms with E-state index in [-0.39, 0.29) is 17.3 Å². The lowest BCUT2D eigenvalue weighted by Gasteiger charge is -2.30. The summed E-state index contributed by atoms with van der Waals surface area (Å²) in [4.78, 5) is 2.26. The van der Waals surface area contributed by atoms with Crippen LogP contribution in [0.1, 0.15) is 36.4 Å². The van der Waals surface area contributed by atoms with E-state index in [0.717, 1.165) is 16.5 Å². The van der Waals surface area contributed by atoms with Gasteiger partial charge in [0.1, 0.15) is 13.2 Å². The van der Waals surface area contributed by atoms with Crippen molar-refractivity contribution in [3.63, 3.8) is 0 Å². The second-order valence-corrected chi connectivity index (χ2v) is 13.7. The van der Waals surface area contributed by atoms with E-state index < -0.39 is 20.0 Å². The molecule has 3 aliphatic rings. The second-order valence-electron chi connectivity index (χ2n) is 9.80. The van der Waals surface area contributed by atoms with Crippen LogP contribution in [0.25, 0.3) is 10.9 Å². The molecule has 9 nitrogen and oxygen atoms in total. The lowest BCUT2D eigenvalue weighted by atomic mass is 9.99. The van der Waals surface area contributed by atoms with Gasteiger partial charge in [-0.25, -0.2) is 25.5 Å². The summed E-state index contributed by atoms with van der Waals surface area (Å²) in [6.07, 6.45) is 4.86. The first-order valence-electron chi connectivity index (χ1n) is 12.1. The molecule has 2 aromatic carbocycles. The van der Waals surface area contributed by atoms with Crippen LogP contribution in [0.2, 0.25) is 0 Å². The fourth-order valence-electron chi connectivity index (χ4n) is 5.38. The molecule has 1 N–H and O–H groups in total. The Morgan fingerprint density at radius 3 is 2.50 bits per heavy atom. The van der Waals surface area contributed by atoms with Crippen LogP contribution < -0.4 is 14.2 Å². The van der Waals surface area contributed by atoms with E-state index in [2.05, 4.69) is 9.62 Å². The molecule has 3 aromatic rings. The van der Waals surface area contributed by atoms with Gasteiger partial charge in [0.05, 0.1) is 23.1 Å². The van der Waals surface area contributed by atoms with Crippen LogP contribution in [0, 0.1) is 0 Å². The first-order chi connectivity index (χ1) is 17.2. The van der Waals surface area contributed by atoms with E-state index in [1.165, 1.54) is 10.2 Å². The molecule has 2 unspecified atom stereocenters. The molecule has 1 saturated heterocycles. The summed E-state index contributed by atoms with van der Waals surface area (Å²) in [5.74, 6) is 1.36. The standard InChI is InChI=1S/C25H29N3O6S2/c1-35(29,30)28-12-9-20-18(3-2-4-22(20)28)16-27-11-10-21(26-36(31,32)19-6-7-19)25(27)17-5-8-23-24(15-17)34-14-13-33-23/h2-5,8-9,12,15,19,21,25-26H,6-7,10-11,13-14,16H2,1H3. The van der Waals surface area contributed by atoms with Crippen molar-refractivity contribution in [1.29, 1.82) is 0 Å². The van der Waals surface area contributed by atoms with Gasteiger partial charge in [0.25, 0.3) is 0 Å². The molecule has 11 heteroatoms. The lowest BCUT2D eigenvalue weighted by Crippen LogP contribution is -2.41. The fourth-order valence-corrected chi connectivity index (χ4v) is 7.80. The van der Waals surface area contributed by atoms with Crippen LogP contribution in [0.15, 0.2) is 48.7 Å². The van der Waals surface area contributed by atoms with Crippen LogP contribution in [-0.4, -0.2) is 63.0 Å². The Labute approximate surface area is 211 Å². The molecule has 2 fully saturated rings. The third-order valence-electron chi connectivity index (χ3n) is 7.21. The van der Waals surface area contributed by atoms with Crippen molar-refractivity contribution < 1.29 is 26.3 Å². The quantitative estimate of drug-likeness (QED) is 0.500. The molecule has 0 spiro atoms. The molecule has 1 aromatic heterocycles. The molecule has 0 radical (unpaired) electrons. The zero-order chi connectivity index (χ0) is 25.1. The number of fused-ring (bicyclic) bond motifs is 2. The summed E-state index contributed by atoms with van der Waals surface area (Å²) in [6, 6.07) is 12.8. The fraction of sp³-hybridized carbons (Fsp3) is 0.440. The summed E-state index contributed by atoms with van der Waals surface area (Å²) >= 11 is 0. The first kappa shape index (κ1) is 23.8. The largest absolute Gasteiger partial charge is 0.486 e. The van der Waals surface area contributed by atoms with Gasteiger partial charge in [-0.2, -0.15) is 0 Å². The maximum Gasteiger partial charge on any atom is 0.236 e. The monoisotopic (exact) mass is 531 g/mol. The summed E-state index contributed by atoms with van der Waals surface area (Å²) in [7, 11) is -6.80. The Balaban J connectivity index is 1.36. The predicted molar refractivity (Wildman–Crippen MR) is 136 cm³/mol. The van der Waals surface area contributed by atoms with Gasteiger partial charge < -0.3 is 9.47 Å². The summed E-state index contributed by atoms with van der Waals surface area (Å²) in [5.41, 5.74) is 2.58. The van der Waals surface area contributed by atoms with Crippen LogP contribution >= 0.6 is 0 Å². The zero-order valence-electron chi connectivity index (χ0n) is 20.0. The zero-order valence-corrected chi connectivity index (χ0v) is 21.6. The van der Waals surface area contributed by atoms with Crippen LogP contribution in [0.3, 0.4) is 0 Å². The highest BCUT2D eigenvalue weighted by Crippen LogP contribution is 2.40. The van der Waals surface area contributed by atoms with Gasteiger partial charge in [0, 0.05) is 30.7 Å². The minimum absolute atomic E-state index is 0.207. The van der Waals surface area contributed by atoms with E-state index >= 15 is 0 Å². The summed E-state index contributed by atoms with van der Waals surface area (Å²) in [5, 5.41) is 0.572. The summed E-state index contributed by atoms with van der Waals surface area (Å²) in [6.45, 7) is 2.22. The van der Waals surface area contributed by atoms with Gasteiger partial charge in [-0.15, -0.1) is 0 Å². The van der Waals surface area contributed by atoms with Crippen molar-refractivity contribution >= 4 is 30.9 Å². The van der Waals surface area contributed by atoms with Crippen molar-refractivity contribution in [2.45, 2.75) is 43.1 Å². The number of rotatable bonds is 7. The number of hydrogen-bond donors (Lipinski definition) is 1. The molecule has 6 rings (SSSR count). The van der Waals surface area contributed by atoms with Gasteiger partial charge in [-0.3, -0.25) is 4.90 Å². The Morgan fingerprint density at radius 1 is 0.972 bits per heavy atom. The van der Waals surface area contributed by atoms with Gasteiger partial charge in [0.2, 0.25) is 20.0 Å². The Hall–Kier alpha value is -2.60. The molecule has 2 aliphatic heterocycles. The number of ether oxygens (including phenoxy) is 2. The number of benzene rings is 2. The highest BCUT2D eigenvalue weighted by Gasteiger charge is 2.42. The lowest BCUT2D eigenvalue weighted by molar-refractivity contribution is 0.170. The predicted octanol–water partition coefficient (Wildman–Crippen LogP) is 2.62. The van der Waals surface area contributed by atoms with Crippen molar-refractivity contribution in [3.05, 3.63) is 59.8 Å². The topological polar surface area (TPSA) is 107 Å². The second kappa shape index (κ2) is 8.76. The van der Waals surface area contributed by atoms with E-state index in [9.17, 15) is 16.8 Å². The molecule has 192 valence electrons. The van der Waals surface area contributed by atoms with Gasteiger partial charge >= 0.3 is 0 Å². The first-order valence-corrected chi connectivity index (χ1v) is 15.5. The number of nitrogens with one attached hydrogen (secondary N) is 1. The highest BCUT2D eigenvalue weighted by atomic mass is 32.2. The number of nitrogens with zero attached hydrogens (tertiary/aromatic N) is 2. The minimum atomic E-state index is -3.42. The van der Waals surface area contributed by atoms with E-state index in [0.29, 0.717) is 62.6 Å². The SMILES string of the molecule is CS(=O)(=O)n1ccc2c(CN3CCC(NS(=O)(=O)C4CC4)C3c3ccc4c(c3)OCCO4)cccc21. The smallest absolute Gasteiger partial charge is 0.236 e. The van der Waals surface area contributed by atoms with E-state index in [1.54, 1.807) is 12.3 Å². The van der Waals surface area contributed by atoms with Gasteiger partial charge in [0.15, 0.2) is 11.5 Å². The van der Waals surface area contributed by atoms with Crippen LogP contribution in [-0.2, 0) is 26.6 Å². The highest BCUT2D eigenvalue weighted by molar-refractivity contribution is 7.90. The molecule has 0 bridgehead atoms. The van der Waals surface area contributed by atoms with Crippen LogP contribution in [0.4, 0.5) is 0 Å². The third kappa shape index (κ3) is 4.38. The minimum Gasteiger partial charge on any atom is -0.486 e. The van der Waals surface area contributed by atoms with Crippen LogP contribution in [0.5, 0.6) is 11.5 Å². The molecular formula is C25H29N3O6S2. The molecule has 2 atom stereocenters. The van der Waals surface area contributed by atoms with E-state index in [1.807, 2.05) is 36.4 Å². The molecule has 3 heterocycles. The van der Waals surface area contributed by atoms with Crippen molar-refractivity contribution in [3.8, 4) is 11.5 Å². The number of likely N-dealkylation sites (tertiary alicyclic amines) is 1. The maximum atomic E-state index is 12.9. The molecule has 1 saturated carbocycles. The molecule has 0 amide bonds. The summed E-state index contributed by atoms with van der Waals surface area (Å²) < 4.78 is 66.0. The Kier molecular flexibility index (Phi) is 5.78. The number of aromatic nitrogens is 1. The molecule has 1 aliphatic carbocycles. The van der Waals surface area contributed by atoms with Gasteiger partial charge in [-0.1, -0.05) is 18.2 Å². The third-order valence-corrected chi connectivity index (χ3v) is 10.2. The van der Waals surface area contributed by atoms with E-state index in [4.69, 9.17) is 9.47 Å². The molecular weight excluding hydrogens is 502 g/mol. The Morgan fingerprint density at radius 2 is 1.75 bits per heavy atom. The van der Waals surface area contributed by atoms with Gasteiger partial charge in [-0.05, 0) is 54.7 Å². The molecule has 36 heavy (non-hydrogen) atoms. The average molecular weight is 532 g/mol.